The van der Waals surface area contributed by atoms with Crippen LogP contribution in [0.1, 0.15) is 40.9 Å². The fraction of sp³-hybridized carbons (Fsp3) is 0.323. The van der Waals surface area contributed by atoms with E-state index >= 15 is 0 Å². The van der Waals surface area contributed by atoms with Crippen LogP contribution in [-0.2, 0) is 13.0 Å². The lowest BCUT2D eigenvalue weighted by molar-refractivity contribution is 0.0368. The monoisotopic (exact) mass is 481 g/mol. The standard InChI is InChI=1S/C31H35N3O2/c1-20-14-24(15-25-18-33(4)13-12-26(20)25)23-10-11-29-27(16-23)28(17-32-29)21-6-8-22(9-7-21)30(35)34(5)19-31(2,3)36/h6-11,14-17,32,36H,12-13,18-19H2,1-5H3. The van der Waals surface area contributed by atoms with E-state index < -0.39 is 5.60 Å². The third-order valence-corrected chi connectivity index (χ3v) is 7.18. The minimum Gasteiger partial charge on any atom is -0.389 e. The van der Waals surface area contributed by atoms with E-state index in [1.54, 1.807) is 25.8 Å². The Hall–Kier alpha value is -3.41. The van der Waals surface area contributed by atoms with Gasteiger partial charge in [-0.3, -0.25) is 4.79 Å². The Kier molecular flexibility index (Phi) is 6.23. The molecule has 5 nitrogen and oxygen atoms in total. The molecule has 5 heteroatoms. The van der Waals surface area contributed by atoms with E-state index in [9.17, 15) is 9.90 Å². The van der Waals surface area contributed by atoms with Crippen molar-refractivity contribution in [3.05, 3.63) is 83.0 Å². The Morgan fingerprint density at radius 1 is 1.06 bits per heavy atom. The van der Waals surface area contributed by atoms with Crippen molar-refractivity contribution < 1.29 is 9.90 Å². The van der Waals surface area contributed by atoms with E-state index in [1.165, 1.54) is 33.2 Å². The normalized spacial score (nSPS) is 14.2. The first kappa shape index (κ1) is 24.3. The molecular weight excluding hydrogens is 446 g/mol. The zero-order valence-corrected chi connectivity index (χ0v) is 21.9. The molecule has 4 aromatic rings. The number of amides is 1. The smallest absolute Gasteiger partial charge is 0.253 e. The Morgan fingerprint density at radius 2 is 1.78 bits per heavy atom. The maximum atomic E-state index is 12.8. The van der Waals surface area contributed by atoms with Gasteiger partial charge in [0, 0.05) is 54.9 Å². The Bertz CT molecular complexity index is 1430. The predicted molar refractivity (Wildman–Crippen MR) is 147 cm³/mol. The molecule has 2 heterocycles. The highest BCUT2D eigenvalue weighted by molar-refractivity contribution is 5.99. The SMILES string of the molecule is Cc1cc(-c2ccc3[nH]cc(-c4ccc(C(=O)N(C)CC(C)(C)O)cc4)c3c2)cc2c1CCN(C)C2. The average molecular weight is 482 g/mol. The summed E-state index contributed by atoms with van der Waals surface area (Å²) in [6.45, 7) is 8.03. The number of nitrogens with zero attached hydrogens (tertiary/aromatic N) is 2. The zero-order valence-electron chi connectivity index (χ0n) is 21.9. The van der Waals surface area contributed by atoms with Gasteiger partial charge in [0.1, 0.15) is 0 Å². The molecule has 0 fully saturated rings. The van der Waals surface area contributed by atoms with Crippen LogP contribution in [0.3, 0.4) is 0 Å². The molecule has 0 saturated carbocycles. The number of aryl methyl sites for hydroxylation is 1. The number of likely N-dealkylation sites (N-methyl/N-ethyl adjacent to an activating group) is 2. The second kappa shape index (κ2) is 9.23. The first-order valence-electron chi connectivity index (χ1n) is 12.6. The van der Waals surface area contributed by atoms with E-state index in [-0.39, 0.29) is 12.5 Å². The van der Waals surface area contributed by atoms with Crippen LogP contribution >= 0.6 is 0 Å². The van der Waals surface area contributed by atoms with Gasteiger partial charge in [0.25, 0.3) is 5.91 Å². The van der Waals surface area contributed by atoms with Gasteiger partial charge in [0.2, 0.25) is 0 Å². The van der Waals surface area contributed by atoms with Crippen molar-refractivity contribution in [2.75, 3.05) is 27.2 Å². The zero-order chi connectivity index (χ0) is 25.6. The number of fused-ring (bicyclic) bond motifs is 2. The highest BCUT2D eigenvalue weighted by Crippen LogP contribution is 2.34. The van der Waals surface area contributed by atoms with Crippen LogP contribution in [0.2, 0.25) is 0 Å². The first-order valence-corrected chi connectivity index (χ1v) is 12.6. The van der Waals surface area contributed by atoms with Gasteiger partial charge in [-0.1, -0.05) is 24.3 Å². The van der Waals surface area contributed by atoms with E-state index in [1.807, 2.05) is 30.5 Å². The van der Waals surface area contributed by atoms with Crippen LogP contribution in [0.4, 0.5) is 0 Å². The maximum absolute atomic E-state index is 12.8. The molecule has 5 rings (SSSR count). The molecular formula is C31H35N3O2. The van der Waals surface area contributed by atoms with Gasteiger partial charge < -0.3 is 19.9 Å². The van der Waals surface area contributed by atoms with Crippen molar-refractivity contribution in [2.24, 2.45) is 0 Å². The molecule has 186 valence electrons. The number of carbonyl (C=O) groups excluding carboxylic acids is 1. The number of aromatic nitrogens is 1. The molecule has 0 saturated heterocycles. The van der Waals surface area contributed by atoms with Crippen LogP contribution in [0.15, 0.2) is 60.8 Å². The van der Waals surface area contributed by atoms with Gasteiger partial charge in [-0.15, -0.1) is 0 Å². The predicted octanol–water partition coefficient (Wildman–Crippen LogP) is 5.64. The summed E-state index contributed by atoms with van der Waals surface area (Å²) in [4.78, 5) is 20.1. The Morgan fingerprint density at radius 3 is 2.50 bits per heavy atom. The van der Waals surface area contributed by atoms with Gasteiger partial charge >= 0.3 is 0 Å². The summed E-state index contributed by atoms with van der Waals surface area (Å²) in [5.74, 6) is -0.0988. The summed E-state index contributed by atoms with van der Waals surface area (Å²) in [7, 11) is 3.91. The van der Waals surface area contributed by atoms with Crippen LogP contribution in [0, 0.1) is 6.92 Å². The molecule has 0 bridgehead atoms. The van der Waals surface area contributed by atoms with Gasteiger partial charge in [0.15, 0.2) is 0 Å². The first-order chi connectivity index (χ1) is 17.1. The molecule has 1 aliphatic rings. The minimum absolute atomic E-state index is 0.0988. The van der Waals surface area contributed by atoms with E-state index in [0.29, 0.717) is 5.56 Å². The van der Waals surface area contributed by atoms with Crippen LogP contribution < -0.4 is 0 Å². The molecule has 0 spiro atoms. The highest BCUT2D eigenvalue weighted by Gasteiger charge is 2.21. The highest BCUT2D eigenvalue weighted by atomic mass is 16.3. The fourth-order valence-corrected chi connectivity index (χ4v) is 5.43. The lowest BCUT2D eigenvalue weighted by Crippen LogP contribution is -2.39. The number of benzene rings is 3. The third kappa shape index (κ3) is 4.81. The van der Waals surface area contributed by atoms with Crippen molar-refractivity contribution in [3.63, 3.8) is 0 Å². The van der Waals surface area contributed by atoms with Crippen molar-refractivity contribution in [3.8, 4) is 22.3 Å². The Labute approximate surface area is 213 Å². The molecule has 0 radical (unpaired) electrons. The van der Waals surface area contributed by atoms with Gasteiger partial charge in [-0.05, 0) is 98.0 Å². The van der Waals surface area contributed by atoms with E-state index in [2.05, 4.69) is 54.2 Å². The molecule has 0 atom stereocenters. The molecule has 36 heavy (non-hydrogen) atoms. The van der Waals surface area contributed by atoms with Gasteiger partial charge in [-0.2, -0.15) is 0 Å². The topological polar surface area (TPSA) is 59.6 Å². The summed E-state index contributed by atoms with van der Waals surface area (Å²) in [5, 5.41) is 11.2. The average Bonchev–Trinajstić information content (AvgIpc) is 3.25. The lowest BCUT2D eigenvalue weighted by Gasteiger charge is -2.27. The van der Waals surface area contributed by atoms with Crippen LogP contribution in [-0.4, -0.2) is 58.6 Å². The summed E-state index contributed by atoms with van der Waals surface area (Å²) in [6, 6.07) is 19.0. The molecule has 1 aliphatic heterocycles. The number of nitrogens with one attached hydrogen (secondary N) is 1. The summed E-state index contributed by atoms with van der Waals surface area (Å²) in [5.41, 5.74) is 9.72. The van der Waals surface area contributed by atoms with E-state index in [4.69, 9.17) is 0 Å². The second-order valence-electron chi connectivity index (χ2n) is 10.9. The lowest BCUT2D eigenvalue weighted by atomic mass is 9.90. The van der Waals surface area contributed by atoms with Gasteiger partial charge in [0.05, 0.1) is 5.60 Å². The van der Waals surface area contributed by atoms with Crippen LogP contribution in [0.25, 0.3) is 33.2 Å². The second-order valence-corrected chi connectivity index (χ2v) is 10.9. The van der Waals surface area contributed by atoms with Crippen molar-refractivity contribution in [2.45, 2.75) is 39.3 Å². The molecule has 1 aromatic heterocycles. The van der Waals surface area contributed by atoms with Gasteiger partial charge in [-0.25, -0.2) is 0 Å². The molecule has 1 amide bonds. The van der Waals surface area contributed by atoms with Crippen molar-refractivity contribution >= 4 is 16.8 Å². The number of aromatic amines is 1. The maximum Gasteiger partial charge on any atom is 0.253 e. The number of aliphatic hydroxyl groups is 1. The number of hydrogen-bond acceptors (Lipinski definition) is 3. The number of carbonyl (C=O) groups is 1. The summed E-state index contributed by atoms with van der Waals surface area (Å²) < 4.78 is 0. The third-order valence-electron chi connectivity index (χ3n) is 7.18. The minimum atomic E-state index is -0.932. The Balaban J connectivity index is 1.46. The number of rotatable bonds is 5. The molecule has 2 N–H and O–H groups in total. The summed E-state index contributed by atoms with van der Waals surface area (Å²) >= 11 is 0. The van der Waals surface area contributed by atoms with Crippen molar-refractivity contribution in [1.82, 2.24) is 14.8 Å². The quantitative estimate of drug-likeness (QED) is 0.388. The number of hydrogen-bond donors (Lipinski definition) is 2. The van der Waals surface area contributed by atoms with E-state index in [0.717, 1.165) is 36.2 Å². The molecule has 3 aromatic carbocycles. The fourth-order valence-electron chi connectivity index (χ4n) is 5.43. The molecule has 0 unspecified atom stereocenters. The summed E-state index contributed by atoms with van der Waals surface area (Å²) in [6.07, 6.45) is 3.16. The molecule has 0 aliphatic carbocycles. The largest absolute Gasteiger partial charge is 0.389 e. The van der Waals surface area contributed by atoms with Crippen LogP contribution in [0.5, 0.6) is 0 Å². The number of H-pyrrole nitrogens is 1. The van der Waals surface area contributed by atoms with Crippen molar-refractivity contribution in [1.29, 1.82) is 0 Å².